The molecule has 0 radical (unpaired) electrons. The molecule has 3 heteroatoms. The lowest BCUT2D eigenvalue weighted by Gasteiger charge is -2.29. The summed E-state index contributed by atoms with van der Waals surface area (Å²) in [7, 11) is 1.82. The minimum Gasteiger partial charge on any atom is -0.385 e. The van der Waals surface area contributed by atoms with Gasteiger partial charge in [0.2, 0.25) is 0 Å². The molecule has 0 aromatic carbocycles. The normalized spacial score (nSPS) is 27.5. The SMILES string of the molecule is COCCC1(CN2CCCNC(CC(C)C)C2)CC1. The fourth-order valence-corrected chi connectivity index (χ4v) is 3.40. The van der Waals surface area contributed by atoms with Crippen LogP contribution in [0.5, 0.6) is 0 Å². The number of rotatable bonds is 7. The molecule has 2 fully saturated rings. The number of hydrogen-bond acceptors (Lipinski definition) is 3. The summed E-state index contributed by atoms with van der Waals surface area (Å²) in [6.07, 6.45) is 6.68. The highest BCUT2D eigenvalue weighted by Gasteiger charge is 2.43. The molecule has 0 aromatic rings. The van der Waals surface area contributed by atoms with Gasteiger partial charge in [0.25, 0.3) is 0 Å². The van der Waals surface area contributed by atoms with Crippen molar-refractivity contribution in [1.29, 1.82) is 0 Å². The van der Waals surface area contributed by atoms with Gasteiger partial charge in [-0.3, -0.25) is 0 Å². The molecule has 1 saturated carbocycles. The number of nitrogens with one attached hydrogen (secondary N) is 1. The molecule has 19 heavy (non-hydrogen) atoms. The van der Waals surface area contributed by atoms with E-state index in [0.717, 1.165) is 12.5 Å². The summed E-state index contributed by atoms with van der Waals surface area (Å²) in [5.41, 5.74) is 0.600. The van der Waals surface area contributed by atoms with Gasteiger partial charge in [-0.15, -0.1) is 0 Å². The fourth-order valence-electron chi connectivity index (χ4n) is 3.40. The molecule has 1 unspecified atom stereocenters. The van der Waals surface area contributed by atoms with Gasteiger partial charge in [0.1, 0.15) is 0 Å². The Bertz CT molecular complexity index is 263. The number of nitrogens with zero attached hydrogens (tertiary/aromatic N) is 1. The molecule has 112 valence electrons. The smallest absolute Gasteiger partial charge is 0.0468 e. The van der Waals surface area contributed by atoms with Crippen molar-refractivity contribution in [1.82, 2.24) is 10.2 Å². The maximum atomic E-state index is 5.27. The summed E-state index contributed by atoms with van der Waals surface area (Å²) in [6.45, 7) is 10.6. The van der Waals surface area contributed by atoms with E-state index in [-0.39, 0.29) is 0 Å². The summed E-state index contributed by atoms with van der Waals surface area (Å²) in [4.78, 5) is 2.72. The molecule has 0 amide bonds. The quantitative estimate of drug-likeness (QED) is 0.768. The molecule has 1 aliphatic heterocycles. The van der Waals surface area contributed by atoms with Crippen molar-refractivity contribution in [2.24, 2.45) is 11.3 Å². The van der Waals surface area contributed by atoms with Gasteiger partial charge in [-0.25, -0.2) is 0 Å². The molecule has 0 spiro atoms. The first kappa shape index (κ1) is 15.3. The molecule has 1 aliphatic carbocycles. The second-order valence-electron chi connectivity index (χ2n) is 7.11. The number of ether oxygens (including phenoxy) is 1. The van der Waals surface area contributed by atoms with Crippen molar-refractivity contribution in [3.8, 4) is 0 Å². The Morgan fingerprint density at radius 1 is 1.37 bits per heavy atom. The average Bonchev–Trinajstić information content (AvgIpc) is 3.13. The molecule has 2 aliphatic rings. The van der Waals surface area contributed by atoms with Gasteiger partial charge in [-0.2, -0.15) is 0 Å². The van der Waals surface area contributed by atoms with E-state index in [9.17, 15) is 0 Å². The van der Waals surface area contributed by atoms with E-state index < -0.39 is 0 Å². The third-order valence-corrected chi connectivity index (χ3v) is 4.67. The molecule has 1 N–H and O–H groups in total. The van der Waals surface area contributed by atoms with Crippen molar-refractivity contribution in [2.45, 2.75) is 52.0 Å². The van der Waals surface area contributed by atoms with Crippen LogP contribution in [-0.2, 0) is 4.74 Å². The zero-order chi connectivity index (χ0) is 13.7. The fraction of sp³-hybridized carbons (Fsp3) is 1.00. The monoisotopic (exact) mass is 268 g/mol. The Morgan fingerprint density at radius 2 is 2.16 bits per heavy atom. The molecule has 2 rings (SSSR count). The second kappa shape index (κ2) is 7.05. The van der Waals surface area contributed by atoms with Gasteiger partial charge in [-0.05, 0) is 56.5 Å². The largest absolute Gasteiger partial charge is 0.385 e. The summed E-state index contributed by atoms with van der Waals surface area (Å²) in [5.74, 6) is 0.792. The van der Waals surface area contributed by atoms with Gasteiger partial charge in [0.15, 0.2) is 0 Å². The molecule has 1 atom stereocenters. The second-order valence-corrected chi connectivity index (χ2v) is 7.11. The standard InChI is InChI=1S/C16H32N2O/c1-14(2)11-15-12-18(9-4-8-17-15)13-16(5-6-16)7-10-19-3/h14-15,17H,4-13H2,1-3H3. The lowest BCUT2D eigenvalue weighted by Crippen LogP contribution is -2.40. The van der Waals surface area contributed by atoms with Crippen LogP contribution in [0.15, 0.2) is 0 Å². The van der Waals surface area contributed by atoms with Crippen LogP contribution >= 0.6 is 0 Å². The molecular weight excluding hydrogens is 236 g/mol. The molecule has 0 bridgehead atoms. The first-order chi connectivity index (χ1) is 9.13. The van der Waals surface area contributed by atoms with Crippen LogP contribution in [0.1, 0.15) is 46.0 Å². The van der Waals surface area contributed by atoms with Gasteiger partial charge in [0, 0.05) is 32.8 Å². The minimum atomic E-state index is 0.600. The average molecular weight is 268 g/mol. The van der Waals surface area contributed by atoms with E-state index in [1.54, 1.807) is 0 Å². The Morgan fingerprint density at radius 3 is 2.79 bits per heavy atom. The van der Waals surface area contributed by atoms with Gasteiger partial charge >= 0.3 is 0 Å². The zero-order valence-corrected chi connectivity index (χ0v) is 13.1. The van der Waals surface area contributed by atoms with Crippen molar-refractivity contribution in [3.63, 3.8) is 0 Å². The van der Waals surface area contributed by atoms with Crippen molar-refractivity contribution in [3.05, 3.63) is 0 Å². The van der Waals surface area contributed by atoms with Crippen molar-refractivity contribution >= 4 is 0 Å². The van der Waals surface area contributed by atoms with E-state index in [1.165, 1.54) is 58.3 Å². The number of hydrogen-bond donors (Lipinski definition) is 1. The predicted octanol–water partition coefficient (Wildman–Crippen LogP) is 2.51. The van der Waals surface area contributed by atoms with Gasteiger partial charge < -0.3 is 15.0 Å². The maximum absolute atomic E-state index is 5.27. The first-order valence-electron chi connectivity index (χ1n) is 8.08. The highest BCUT2D eigenvalue weighted by atomic mass is 16.5. The van der Waals surface area contributed by atoms with Gasteiger partial charge in [-0.1, -0.05) is 13.8 Å². The molecular formula is C16H32N2O. The molecule has 1 saturated heterocycles. The van der Waals surface area contributed by atoms with Crippen molar-refractivity contribution in [2.75, 3.05) is 39.9 Å². The zero-order valence-electron chi connectivity index (χ0n) is 13.1. The van der Waals surface area contributed by atoms with Crippen LogP contribution in [0.3, 0.4) is 0 Å². The Hall–Kier alpha value is -0.120. The topological polar surface area (TPSA) is 24.5 Å². The Kier molecular flexibility index (Phi) is 5.67. The highest BCUT2D eigenvalue weighted by molar-refractivity contribution is 4.96. The highest BCUT2D eigenvalue weighted by Crippen LogP contribution is 2.49. The molecule has 0 aromatic heterocycles. The third kappa shape index (κ3) is 5.05. The van der Waals surface area contributed by atoms with E-state index >= 15 is 0 Å². The lowest BCUT2D eigenvalue weighted by molar-refractivity contribution is 0.144. The van der Waals surface area contributed by atoms with Crippen LogP contribution < -0.4 is 5.32 Å². The van der Waals surface area contributed by atoms with Crippen LogP contribution in [0.4, 0.5) is 0 Å². The summed E-state index contributed by atoms with van der Waals surface area (Å²) < 4.78 is 5.27. The van der Waals surface area contributed by atoms with E-state index in [4.69, 9.17) is 4.74 Å². The lowest BCUT2D eigenvalue weighted by atomic mass is 10.0. The van der Waals surface area contributed by atoms with E-state index in [0.29, 0.717) is 11.5 Å². The van der Waals surface area contributed by atoms with E-state index in [1.807, 2.05) is 7.11 Å². The Balaban J connectivity index is 1.81. The van der Waals surface area contributed by atoms with Crippen LogP contribution in [0.2, 0.25) is 0 Å². The van der Waals surface area contributed by atoms with Crippen LogP contribution in [0.25, 0.3) is 0 Å². The third-order valence-electron chi connectivity index (χ3n) is 4.67. The molecule has 3 nitrogen and oxygen atoms in total. The first-order valence-corrected chi connectivity index (χ1v) is 8.08. The summed E-state index contributed by atoms with van der Waals surface area (Å²) >= 11 is 0. The van der Waals surface area contributed by atoms with Gasteiger partial charge in [0.05, 0.1) is 0 Å². The Labute approximate surface area is 119 Å². The predicted molar refractivity (Wildman–Crippen MR) is 80.5 cm³/mol. The minimum absolute atomic E-state index is 0.600. The van der Waals surface area contributed by atoms with Crippen LogP contribution in [-0.4, -0.2) is 50.8 Å². The summed E-state index contributed by atoms with van der Waals surface area (Å²) in [6, 6.07) is 0.695. The number of methoxy groups -OCH3 is 1. The summed E-state index contributed by atoms with van der Waals surface area (Å²) in [5, 5.41) is 3.73. The van der Waals surface area contributed by atoms with Crippen LogP contribution in [0, 0.1) is 11.3 Å². The van der Waals surface area contributed by atoms with Crippen molar-refractivity contribution < 1.29 is 4.74 Å². The van der Waals surface area contributed by atoms with E-state index in [2.05, 4.69) is 24.1 Å². The molecule has 1 heterocycles. The maximum Gasteiger partial charge on any atom is 0.0468 e.